The van der Waals surface area contributed by atoms with Crippen LogP contribution in [0, 0.1) is 29.4 Å². The van der Waals surface area contributed by atoms with Crippen molar-refractivity contribution in [1.82, 2.24) is 9.97 Å². The molecule has 2 unspecified atom stereocenters. The zero-order valence-corrected chi connectivity index (χ0v) is 15.3. The molecule has 1 saturated carbocycles. The van der Waals surface area contributed by atoms with E-state index in [2.05, 4.69) is 37.7 Å². The number of aromatic nitrogens is 2. The Hall–Kier alpha value is -1.76. The maximum atomic E-state index is 13.8. The van der Waals surface area contributed by atoms with Gasteiger partial charge in [0.15, 0.2) is 17.4 Å². The molecule has 1 saturated heterocycles. The van der Waals surface area contributed by atoms with E-state index in [1.165, 1.54) is 12.1 Å². The lowest BCUT2D eigenvalue weighted by molar-refractivity contribution is 0.257. The van der Waals surface area contributed by atoms with Crippen LogP contribution in [-0.4, -0.2) is 29.7 Å². The molecule has 132 valence electrons. The molecule has 25 heavy (non-hydrogen) atoms. The first kappa shape index (κ1) is 16.7. The standard InChI is InChI=1S/C18H18BrF2N3O/c1-2-10-5-22-18(23-6-10)24-7-12-13(8-24)14(12)9-25-17-15(20)3-11(19)4-16(17)21/h3-6,12-14H,2,7-9H2,1H3/t12-,13?,14?/m0/s1. The predicted molar refractivity (Wildman–Crippen MR) is 93.6 cm³/mol. The van der Waals surface area contributed by atoms with Gasteiger partial charge >= 0.3 is 0 Å². The van der Waals surface area contributed by atoms with Crippen LogP contribution >= 0.6 is 15.9 Å². The number of hydrogen-bond acceptors (Lipinski definition) is 4. The number of nitrogens with zero attached hydrogens (tertiary/aromatic N) is 3. The second-order valence-electron chi connectivity index (χ2n) is 6.65. The van der Waals surface area contributed by atoms with Crippen LogP contribution in [0.3, 0.4) is 0 Å². The summed E-state index contributed by atoms with van der Waals surface area (Å²) in [7, 11) is 0. The second-order valence-corrected chi connectivity index (χ2v) is 7.57. The van der Waals surface area contributed by atoms with Gasteiger partial charge in [0.2, 0.25) is 5.95 Å². The number of fused-ring (bicyclic) bond motifs is 1. The summed E-state index contributed by atoms with van der Waals surface area (Å²) in [4.78, 5) is 11.0. The van der Waals surface area contributed by atoms with Crippen LogP contribution in [0.15, 0.2) is 29.0 Å². The molecule has 2 aliphatic rings. The molecule has 0 N–H and O–H groups in total. The highest BCUT2D eigenvalue weighted by atomic mass is 79.9. The normalized spacial score (nSPS) is 24.3. The van der Waals surface area contributed by atoms with Gasteiger partial charge in [-0.2, -0.15) is 0 Å². The maximum absolute atomic E-state index is 13.8. The SMILES string of the molecule is CCc1cnc(N2CC3C(COc4c(F)cc(Br)cc4F)[C@H]3C2)nc1. The first-order chi connectivity index (χ1) is 12.1. The lowest BCUT2D eigenvalue weighted by atomic mass is 10.2. The van der Waals surface area contributed by atoms with Crippen molar-refractivity contribution in [1.29, 1.82) is 0 Å². The van der Waals surface area contributed by atoms with Crippen molar-refractivity contribution in [3.63, 3.8) is 0 Å². The number of ether oxygens (including phenoxy) is 1. The van der Waals surface area contributed by atoms with Gasteiger partial charge in [-0.05, 0) is 36.0 Å². The topological polar surface area (TPSA) is 38.2 Å². The highest BCUT2D eigenvalue weighted by Crippen LogP contribution is 2.52. The molecule has 0 bridgehead atoms. The van der Waals surface area contributed by atoms with Gasteiger partial charge in [0.05, 0.1) is 6.61 Å². The highest BCUT2D eigenvalue weighted by Gasteiger charge is 2.56. The summed E-state index contributed by atoms with van der Waals surface area (Å²) in [5.74, 6) is 0.422. The Bertz CT molecular complexity index is 751. The van der Waals surface area contributed by atoms with Gasteiger partial charge < -0.3 is 9.64 Å². The quantitative estimate of drug-likeness (QED) is 0.751. The number of piperidine rings is 1. The molecular weight excluding hydrogens is 392 g/mol. The number of benzene rings is 1. The first-order valence-electron chi connectivity index (χ1n) is 8.40. The summed E-state index contributed by atoms with van der Waals surface area (Å²) in [6.45, 7) is 4.16. The largest absolute Gasteiger partial charge is 0.487 e. The van der Waals surface area contributed by atoms with E-state index in [-0.39, 0.29) is 5.75 Å². The Morgan fingerprint density at radius 3 is 2.32 bits per heavy atom. The Morgan fingerprint density at radius 2 is 1.76 bits per heavy atom. The fraction of sp³-hybridized carbons (Fsp3) is 0.444. The number of anilines is 1. The minimum atomic E-state index is -0.677. The molecule has 4 rings (SSSR count). The van der Waals surface area contributed by atoms with E-state index in [0.717, 1.165) is 31.0 Å². The average Bonchev–Trinajstić information content (AvgIpc) is 3.04. The van der Waals surface area contributed by atoms with Crippen LogP contribution in [0.1, 0.15) is 12.5 Å². The van der Waals surface area contributed by atoms with Crippen LogP contribution in [0.5, 0.6) is 5.75 Å². The predicted octanol–water partition coefficient (Wildman–Crippen LogP) is 3.84. The summed E-state index contributed by atoms with van der Waals surface area (Å²) >= 11 is 3.06. The zero-order chi connectivity index (χ0) is 17.6. The van der Waals surface area contributed by atoms with Crippen molar-refractivity contribution in [2.75, 3.05) is 24.6 Å². The van der Waals surface area contributed by atoms with Gasteiger partial charge in [-0.3, -0.25) is 0 Å². The fourth-order valence-electron chi connectivity index (χ4n) is 3.60. The summed E-state index contributed by atoms with van der Waals surface area (Å²) in [6.07, 6.45) is 4.66. The summed E-state index contributed by atoms with van der Waals surface area (Å²) in [5.41, 5.74) is 1.12. The molecule has 1 aliphatic carbocycles. The minimum Gasteiger partial charge on any atom is -0.487 e. The van der Waals surface area contributed by atoms with Gasteiger partial charge in [0.25, 0.3) is 0 Å². The maximum Gasteiger partial charge on any atom is 0.225 e. The number of rotatable bonds is 5. The van der Waals surface area contributed by atoms with Crippen molar-refractivity contribution >= 4 is 21.9 Å². The Kier molecular flexibility index (Phi) is 4.35. The van der Waals surface area contributed by atoms with Crippen LogP contribution in [0.25, 0.3) is 0 Å². The monoisotopic (exact) mass is 409 g/mol. The molecule has 3 atom stereocenters. The van der Waals surface area contributed by atoms with E-state index in [1.807, 2.05) is 12.4 Å². The van der Waals surface area contributed by atoms with Crippen LogP contribution in [0.4, 0.5) is 14.7 Å². The Labute approximate surface area is 153 Å². The van der Waals surface area contributed by atoms with Gasteiger partial charge in [-0.15, -0.1) is 0 Å². The van der Waals surface area contributed by atoms with Gasteiger partial charge in [0, 0.05) is 35.9 Å². The molecule has 1 aromatic heterocycles. The first-order valence-corrected chi connectivity index (χ1v) is 9.19. The second kappa shape index (κ2) is 6.52. The number of aryl methyl sites for hydroxylation is 1. The molecular formula is C18H18BrF2N3O. The van der Waals surface area contributed by atoms with Crippen LogP contribution in [-0.2, 0) is 6.42 Å². The molecule has 7 heteroatoms. The van der Waals surface area contributed by atoms with Crippen molar-refractivity contribution in [2.24, 2.45) is 17.8 Å². The van der Waals surface area contributed by atoms with E-state index < -0.39 is 11.6 Å². The van der Waals surface area contributed by atoms with Gasteiger partial charge in [-0.1, -0.05) is 22.9 Å². The Morgan fingerprint density at radius 1 is 1.16 bits per heavy atom. The van der Waals surface area contributed by atoms with E-state index >= 15 is 0 Å². The molecule has 2 aromatic rings. The molecule has 2 heterocycles. The highest BCUT2D eigenvalue weighted by molar-refractivity contribution is 9.10. The minimum absolute atomic E-state index is 0.288. The molecule has 1 aromatic carbocycles. The van der Waals surface area contributed by atoms with Crippen molar-refractivity contribution in [3.05, 3.63) is 46.2 Å². The van der Waals surface area contributed by atoms with E-state index in [4.69, 9.17) is 4.74 Å². The van der Waals surface area contributed by atoms with Crippen LogP contribution in [0.2, 0.25) is 0 Å². The van der Waals surface area contributed by atoms with Gasteiger partial charge in [0.1, 0.15) is 0 Å². The van der Waals surface area contributed by atoms with Crippen molar-refractivity contribution in [2.45, 2.75) is 13.3 Å². The fourth-order valence-corrected chi connectivity index (χ4v) is 4.00. The zero-order valence-electron chi connectivity index (χ0n) is 13.8. The molecule has 1 aliphatic heterocycles. The van der Waals surface area contributed by atoms with E-state index in [0.29, 0.717) is 28.8 Å². The third kappa shape index (κ3) is 3.21. The summed E-state index contributed by atoms with van der Waals surface area (Å²) < 4.78 is 33.4. The smallest absolute Gasteiger partial charge is 0.225 e. The lowest BCUT2D eigenvalue weighted by Gasteiger charge is -2.20. The van der Waals surface area contributed by atoms with E-state index in [9.17, 15) is 8.78 Å². The summed E-state index contributed by atoms with van der Waals surface area (Å²) in [5, 5.41) is 0. The third-order valence-electron chi connectivity index (χ3n) is 5.14. The Balaban J connectivity index is 1.33. The third-order valence-corrected chi connectivity index (χ3v) is 5.60. The average molecular weight is 410 g/mol. The molecule has 0 radical (unpaired) electrons. The van der Waals surface area contributed by atoms with E-state index in [1.54, 1.807) is 0 Å². The number of hydrogen-bond donors (Lipinski definition) is 0. The molecule has 2 fully saturated rings. The molecule has 0 spiro atoms. The number of halogens is 3. The van der Waals surface area contributed by atoms with Crippen LogP contribution < -0.4 is 9.64 Å². The lowest BCUT2D eigenvalue weighted by Crippen LogP contribution is -2.27. The molecule has 4 nitrogen and oxygen atoms in total. The van der Waals surface area contributed by atoms with Gasteiger partial charge in [-0.25, -0.2) is 18.7 Å². The summed E-state index contributed by atoms with van der Waals surface area (Å²) in [6, 6.07) is 2.43. The molecule has 0 amide bonds. The van der Waals surface area contributed by atoms with Crippen molar-refractivity contribution < 1.29 is 13.5 Å². The van der Waals surface area contributed by atoms with Crippen molar-refractivity contribution in [3.8, 4) is 5.75 Å².